The Balaban J connectivity index is 1.74. The van der Waals surface area contributed by atoms with E-state index in [9.17, 15) is 22.4 Å². The summed E-state index contributed by atoms with van der Waals surface area (Å²) in [5.74, 6) is -1.15. The van der Waals surface area contributed by atoms with Crippen molar-refractivity contribution in [1.82, 2.24) is 14.5 Å². The van der Waals surface area contributed by atoms with Crippen molar-refractivity contribution < 1.29 is 22.4 Å². The fourth-order valence-corrected chi connectivity index (χ4v) is 5.27. The molecule has 0 unspecified atom stereocenters. The molecule has 0 aliphatic carbocycles. The zero-order valence-corrected chi connectivity index (χ0v) is 20.6. The minimum absolute atomic E-state index is 0.0196. The topological polar surface area (TPSA) is 86.8 Å². The summed E-state index contributed by atoms with van der Waals surface area (Å²) in [7, 11) is -3.79. The maximum atomic E-state index is 13.3. The molecule has 7 nitrogen and oxygen atoms in total. The summed E-state index contributed by atoms with van der Waals surface area (Å²) in [4.78, 5) is 29.1. The molecule has 1 N–H and O–H groups in total. The van der Waals surface area contributed by atoms with Crippen LogP contribution in [0.4, 0.5) is 4.39 Å². The van der Waals surface area contributed by atoms with Crippen LogP contribution in [-0.2, 0) is 10.0 Å². The number of piperazine rings is 1. The monoisotopic (exact) mass is 495 g/mol. The van der Waals surface area contributed by atoms with Gasteiger partial charge in [-0.05, 0) is 63.6 Å². The Morgan fingerprint density at radius 1 is 0.939 bits per heavy atom. The standard InChI is InChI=1S/C23H27ClFN3O4S/c1-15-5-7-17(33(31,32)26-23(2,3)4)14-19(15)22(30)28-11-9-27(10-12-28)21(29)18-8-6-16(25)13-20(18)24/h5-8,13-14,26H,9-12H2,1-4H3. The first-order valence-corrected chi connectivity index (χ1v) is 12.3. The Kier molecular flexibility index (Phi) is 7.16. The number of sulfonamides is 1. The molecule has 2 aromatic carbocycles. The van der Waals surface area contributed by atoms with E-state index in [0.717, 1.165) is 6.07 Å². The average molecular weight is 496 g/mol. The molecule has 0 spiro atoms. The Hall–Kier alpha value is -2.49. The molecule has 2 amide bonds. The SMILES string of the molecule is Cc1ccc(S(=O)(=O)NC(C)(C)C)cc1C(=O)N1CCN(C(=O)c2ccc(F)cc2Cl)CC1. The number of carbonyl (C=O) groups is 2. The first-order chi connectivity index (χ1) is 15.3. The van der Waals surface area contributed by atoms with Crippen LogP contribution in [0.5, 0.6) is 0 Å². The number of hydrogen-bond donors (Lipinski definition) is 1. The van der Waals surface area contributed by atoms with E-state index < -0.39 is 21.4 Å². The smallest absolute Gasteiger partial charge is 0.255 e. The largest absolute Gasteiger partial charge is 0.335 e. The second kappa shape index (κ2) is 9.40. The second-order valence-electron chi connectivity index (χ2n) is 9.04. The van der Waals surface area contributed by atoms with Crippen molar-refractivity contribution in [3.8, 4) is 0 Å². The van der Waals surface area contributed by atoms with Crippen molar-refractivity contribution in [2.45, 2.75) is 38.1 Å². The second-order valence-corrected chi connectivity index (χ2v) is 11.1. The Morgan fingerprint density at radius 3 is 2.00 bits per heavy atom. The van der Waals surface area contributed by atoms with E-state index in [0.29, 0.717) is 11.1 Å². The zero-order chi connectivity index (χ0) is 24.6. The highest BCUT2D eigenvalue weighted by Gasteiger charge is 2.29. The molecular weight excluding hydrogens is 469 g/mol. The summed E-state index contributed by atoms with van der Waals surface area (Å²) in [6, 6.07) is 8.09. The molecule has 3 rings (SSSR count). The Bertz CT molecular complexity index is 1190. The number of benzene rings is 2. The summed E-state index contributed by atoms with van der Waals surface area (Å²) in [6.07, 6.45) is 0. The molecule has 1 saturated heterocycles. The van der Waals surface area contributed by atoms with Gasteiger partial charge in [-0.25, -0.2) is 17.5 Å². The summed E-state index contributed by atoms with van der Waals surface area (Å²) in [5, 5.41) is 0.0380. The van der Waals surface area contributed by atoms with E-state index in [4.69, 9.17) is 11.6 Å². The van der Waals surface area contributed by atoms with Gasteiger partial charge in [0.1, 0.15) is 5.82 Å². The summed E-state index contributed by atoms with van der Waals surface area (Å²) < 4.78 is 41.3. The molecule has 1 heterocycles. The van der Waals surface area contributed by atoms with Crippen LogP contribution >= 0.6 is 11.6 Å². The highest BCUT2D eigenvalue weighted by atomic mass is 35.5. The molecule has 10 heteroatoms. The molecule has 0 radical (unpaired) electrons. The van der Waals surface area contributed by atoms with E-state index in [1.54, 1.807) is 43.6 Å². The van der Waals surface area contributed by atoms with Crippen molar-refractivity contribution >= 4 is 33.4 Å². The lowest BCUT2D eigenvalue weighted by Gasteiger charge is -2.35. The lowest BCUT2D eigenvalue weighted by atomic mass is 10.1. The number of carbonyl (C=O) groups excluding carboxylic acids is 2. The van der Waals surface area contributed by atoms with Crippen molar-refractivity contribution in [2.75, 3.05) is 26.2 Å². The van der Waals surface area contributed by atoms with Crippen LogP contribution in [0.1, 0.15) is 47.1 Å². The van der Waals surface area contributed by atoms with Gasteiger partial charge in [0.2, 0.25) is 10.0 Å². The molecule has 0 saturated carbocycles. The van der Waals surface area contributed by atoms with Gasteiger partial charge in [-0.15, -0.1) is 0 Å². The van der Waals surface area contributed by atoms with Crippen LogP contribution in [0.25, 0.3) is 0 Å². The van der Waals surface area contributed by atoms with Crippen molar-refractivity contribution in [3.05, 3.63) is 63.9 Å². The van der Waals surface area contributed by atoms with E-state index in [1.165, 1.54) is 24.3 Å². The molecule has 1 aliphatic heterocycles. The van der Waals surface area contributed by atoms with Gasteiger partial charge in [0, 0.05) is 37.3 Å². The maximum absolute atomic E-state index is 13.3. The van der Waals surface area contributed by atoms with E-state index >= 15 is 0 Å². The molecular formula is C23H27ClFN3O4S. The molecule has 1 aliphatic rings. The number of amides is 2. The van der Waals surface area contributed by atoms with Crippen LogP contribution in [0.2, 0.25) is 5.02 Å². The normalized spacial score (nSPS) is 15.0. The first-order valence-electron chi connectivity index (χ1n) is 10.5. The third-order valence-electron chi connectivity index (χ3n) is 5.21. The summed E-state index contributed by atoms with van der Waals surface area (Å²) >= 11 is 6.01. The average Bonchev–Trinajstić information content (AvgIpc) is 2.71. The molecule has 33 heavy (non-hydrogen) atoms. The van der Waals surface area contributed by atoms with E-state index in [2.05, 4.69) is 4.72 Å². The highest BCUT2D eigenvalue weighted by Crippen LogP contribution is 2.22. The van der Waals surface area contributed by atoms with Crippen LogP contribution < -0.4 is 4.72 Å². The Labute approximate surface area is 198 Å². The maximum Gasteiger partial charge on any atom is 0.255 e. The van der Waals surface area contributed by atoms with Gasteiger partial charge in [0.25, 0.3) is 11.8 Å². The molecule has 0 aromatic heterocycles. The quantitative estimate of drug-likeness (QED) is 0.703. The van der Waals surface area contributed by atoms with Crippen LogP contribution in [0, 0.1) is 12.7 Å². The molecule has 0 bridgehead atoms. The molecule has 1 fully saturated rings. The number of nitrogens with one attached hydrogen (secondary N) is 1. The molecule has 0 atom stereocenters. The number of halogens is 2. The zero-order valence-electron chi connectivity index (χ0n) is 19.0. The number of nitrogens with zero attached hydrogens (tertiary/aromatic N) is 2. The number of hydrogen-bond acceptors (Lipinski definition) is 4. The van der Waals surface area contributed by atoms with E-state index in [1.807, 2.05) is 0 Å². The van der Waals surface area contributed by atoms with Gasteiger partial charge in [0.15, 0.2) is 0 Å². The van der Waals surface area contributed by atoms with Gasteiger partial charge in [-0.2, -0.15) is 0 Å². The van der Waals surface area contributed by atoms with Gasteiger partial charge in [0.05, 0.1) is 15.5 Å². The van der Waals surface area contributed by atoms with Gasteiger partial charge in [-0.3, -0.25) is 9.59 Å². The lowest BCUT2D eigenvalue weighted by molar-refractivity contribution is 0.0535. The molecule has 2 aromatic rings. The predicted octanol–water partition coefficient (Wildman–Crippen LogP) is 3.46. The van der Waals surface area contributed by atoms with Gasteiger partial charge in [-0.1, -0.05) is 17.7 Å². The minimum atomic E-state index is -3.79. The number of aryl methyl sites for hydroxylation is 1. The predicted molar refractivity (Wildman–Crippen MR) is 124 cm³/mol. The summed E-state index contributed by atoms with van der Waals surface area (Å²) in [6.45, 7) is 8.08. The van der Waals surface area contributed by atoms with Crippen molar-refractivity contribution in [2.24, 2.45) is 0 Å². The van der Waals surface area contributed by atoms with Crippen LogP contribution in [-0.4, -0.2) is 61.7 Å². The van der Waals surface area contributed by atoms with Crippen LogP contribution in [0.15, 0.2) is 41.3 Å². The first kappa shape index (κ1) is 25.1. The summed E-state index contributed by atoms with van der Waals surface area (Å²) in [5.41, 5.74) is 0.502. The highest BCUT2D eigenvalue weighted by molar-refractivity contribution is 7.89. The van der Waals surface area contributed by atoms with Gasteiger partial charge >= 0.3 is 0 Å². The van der Waals surface area contributed by atoms with Crippen LogP contribution in [0.3, 0.4) is 0 Å². The third-order valence-corrected chi connectivity index (χ3v) is 7.27. The fourth-order valence-electron chi connectivity index (χ4n) is 3.58. The van der Waals surface area contributed by atoms with Gasteiger partial charge < -0.3 is 9.80 Å². The number of rotatable bonds is 4. The molecule has 178 valence electrons. The minimum Gasteiger partial charge on any atom is -0.335 e. The lowest BCUT2D eigenvalue weighted by Crippen LogP contribution is -2.50. The van der Waals surface area contributed by atoms with E-state index in [-0.39, 0.29) is 53.5 Å². The van der Waals surface area contributed by atoms with Crippen molar-refractivity contribution in [3.63, 3.8) is 0 Å². The van der Waals surface area contributed by atoms with Crippen molar-refractivity contribution in [1.29, 1.82) is 0 Å². The fraction of sp³-hybridized carbons (Fsp3) is 0.391. The Morgan fingerprint density at radius 2 is 1.48 bits per heavy atom. The third kappa shape index (κ3) is 5.90.